The third-order valence-corrected chi connectivity index (χ3v) is 3.64. The standard InChI is InChI=1S/C17H17N3O2/c1-19(13-7-3-2-4-8-13)12-17(22)20-11-16(21)18-14-9-5-6-10-15(14)20/h2-10H,11-12H2,1H3,(H,18,21). The van der Waals surface area contributed by atoms with Gasteiger partial charge in [0.2, 0.25) is 11.8 Å². The van der Waals surface area contributed by atoms with Crippen LogP contribution in [0, 0.1) is 0 Å². The first-order valence-electron chi connectivity index (χ1n) is 7.10. The number of carbonyl (C=O) groups excluding carboxylic acids is 2. The van der Waals surface area contributed by atoms with Gasteiger partial charge in [-0.1, -0.05) is 30.3 Å². The summed E-state index contributed by atoms with van der Waals surface area (Å²) < 4.78 is 0. The van der Waals surface area contributed by atoms with Crippen LogP contribution in [0.4, 0.5) is 17.1 Å². The Balaban J connectivity index is 1.79. The molecule has 1 aliphatic rings. The Hall–Kier alpha value is -2.82. The molecule has 5 nitrogen and oxygen atoms in total. The monoisotopic (exact) mass is 295 g/mol. The molecule has 0 fully saturated rings. The first kappa shape index (κ1) is 14.1. The second kappa shape index (κ2) is 5.89. The fourth-order valence-corrected chi connectivity index (χ4v) is 2.52. The van der Waals surface area contributed by atoms with E-state index in [0.717, 1.165) is 11.4 Å². The van der Waals surface area contributed by atoms with Gasteiger partial charge in [0.1, 0.15) is 6.54 Å². The molecule has 0 bridgehead atoms. The van der Waals surface area contributed by atoms with Crippen molar-refractivity contribution in [1.29, 1.82) is 0 Å². The molecule has 2 aromatic carbocycles. The fraction of sp³-hybridized carbons (Fsp3) is 0.176. The van der Waals surface area contributed by atoms with E-state index >= 15 is 0 Å². The van der Waals surface area contributed by atoms with E-state index in [9.17, 15) is 9.59 Å². The van der Waals surface area contributed by atoms with Crippen LogP contribution >= 0.6 is 0 Å². The molecule has 22 heavy (non-hydrogen) atoms. The van der Waals surface area contributed by atoms with Gasteiger partial charge in [-0.05, 0) is 24.3 Å². The Morgan fingerprint density at radius 3 is 2.59 bits per heavy atom. The summed E-state index contributed by atoms with van der Waals surface area (Å²) in [7, 11) is 1.86. The number of anilines is 3. The predicted octanol–water partition coefficient (Wildman–Crippen LogP) is 2.11. The molecule has 112 valence electrons. The Morgan fingerprint density at radius 1 is 1.14 bits per heavy atom. The molecule has 0 saturated heterocycles. The number of para-hydroxylation sites is 3. The predicted molar refractivity (Wildman–Crippen MR) is 87.1 cm³/mol. The maximum absolute atomic E-state index is 12.6. The third-order valence-electron chi connectivity index (χ3n) is 3.64. The number of benzene rings is 2. The maximum atomic E-state index is 12.6. The van der Waals surface area contributed by atoms with Crippen LogP contribution in [-0.4, -0.2) is 32.0 Å². The van der Waals surface area contributed by atoms with Crippen LogP contribution in [-0.2, 0) is 9.59 Å². The van der Waals surface area contributed by atoms with E-state index < -0.39 is 0 Å². The summed E-state index contributed by atoms with van der Waals surface area (Å²) in [6.45, 7) is 0.268. The molecule has 2 amide bonds. The summed E-state index contributed by atoms with van der Waals surface area (Å²) in [4.78, 5) is 27.8. The molecule has 0 unspecified atom stereocenters. The fourth-order valence-electron chi connectivity index (χ4n) is 2.52. The molecule has 2 aromatic rings. The second-order valence-corrected chi connectivity index (χ2v) is 5.24. The first-order valence-corrected chi connectivity index (χ1v) is 7.10. The van der Waals surface area contributed by atoms with Gasteiger partial charge >= 0.3 is 0 Å². The van der Waals surface area contributed by atoms with Crippen molar-refractivity contribution in [3.05, 3.63) is 54.6 Å². The van der Waals surface area contributed by atoms with Crippen molar-refractivity contribution >= 4 is 28.9 Å². The Kier molecular flexibility index (Phi) is 3.78. The van der Waals surface area contributed by atoms with Gasteiger partial charge in [0.15, 0.2) is 0 Å². The summed E-state index contributed by atoms with van der Waals surface area (Å²) in [6, 6.07) is 17.0. The normalized spacial score (nSPS) is 13.3. The summed E-state index contributed by atoms with van der Waals surface area (Å²) >= 11 is 0. The number of rotatable bonds is 3. The minimum atomic E-state index is -0.172. The molecule has 1 aliphatic heterocycles. The van der Waals surface area contributed by atoms with E-state index in [1.165, 1.54) is 4.90 Å². The summed E-state index contributed by atoms with van der Waals surface area (Å²) in [5.41, 5.74) is 2.38. The van der Waals surface area contributed by atoms with Gasteiger partial charge in [-0.2, -0.15) is 0 Å². The number of nitrogens with one attached hydrogen (secondary N) is 1. The maximum Gasteiger partial charge on any atom is 0.247 e. The largest absolute Gasteiger partial charge is 0.365 e. The lowest BCUT2D eigenvalue weighted by Crippen LogP contribution is -2.46. The molecular weight excluding hydrogens is 278 g/mol. The third kappa shape index (κ3) is 2.79. The van der Waals surface area contributed by atoms with E-state index in [1.807, 2.05) is 60.5 Å². The molecule has 0 aliphatic carbocycles. The molecule has 0 aromatic heterocycles. The van der Waals surface area contributed by atoms with Crippen LogP contribution in [0.3, 0.4) is 0 Å². The number of hydrogen-bond donors (Lipinski definition) is 1. The van der Waals surface area contributed by atoms with Crippen LogP contribution in [0.15, 0.2) is 54.6 Å². The quantitative estimate of drug-likeness (QED) is 0.943. The number of fused-ring (bicyclic) bond motifs is 1. The molecule has 0 spiro atoms. The minimum Gasteiger partial charge on any atom is -0.365 e. The molecule has 0 atom stereocenters. The van der Waals surface area contributed by atoms with Crippen LogP contribution < -0.4 is 15.1 Å². The molecule has 1 N–H and O–H groups in total. The van der Waals surface area contributed by atoms with Gasteiger partial charge in [0.05, 0.1) is 17.9 Å². The van der Waals surface area contributed by atoms with Crippen molar-refractivity contribution in [1.82, 2.24) is 0 Å². The molecule has 0 radical (unpaired) electrons. The van der Waals surface area contributed by atoms with Crippen molar-refractivity contribution in [3.63, 3.8) is 0 Å². The Bertz CT molecular complexity index is 700. The van der Waals surface area contributed by atoms with E-state index in [0.29, 0.717) is 5.69 Å². The zero-order valence-electron chi connectivity index (χ0n) is 12.3. The van der Waals surface area contributed by atoms with Crippen LogP contribution in [0.5, 0.6) is 0 Å². The van der Waals surface area contributed by atoms with Gasteiger partial charge in [-0.3, -0.25) is 14.5 Å². The highest BCUT2D eigenvalue weighted by Gasteiger charge is 2.27. The number of amides is 2. The summed E-state index contributed by atoms with van der Waals surface area (Å²) in [5, 5.41) is 2.78. The van der Waals surface area contributed by atoms with Crippen molar-refractivity contribution in [2.45, 2.75) is 0 Å². The highest BCUT2D eigenvalue weighted by Crippen LogP contribution is 2.29. The zero-order chi connectivity index (χ0) is 15.5. The Labute approximate surface area is 129 Å². The average Bonchev–Trinajstić information content (AvgIpc) is 2.54. The van der Waals surface area contributed by atoms with Crippen molar-refractivity contribution in [2.75, 3.05) is 35.3 Å². The van der Waals surface area contributed by atoms with Gasteiger partial charge in [-0.25, -0.2) is 0 Å². The van der Waals surface area contributed by atoms with Gasteiger partial charge in [0, 0.05) is 12.7 Å². The van der Waals surface area contributed by atoms with E-state index in [4.69, 9.17) is 0 Å². The highest BCUT2D eigenvalue weighted by atomic mass is 16.2. The van der Waals surface area contributed by atoms with E-state index in [-0.39, 0.29) is 24.9 Å². The molecule has 0 saturated carbocycles. The summed E-state index contributed by atoms with van der Waals surface area (Å²) in [5.74, 6) is -0.275. The van der Waals surface area contributed by atoms with Gasteiger partial charge < -0.3 is 10.2 Å². The zero-order valence-corrected chi connectivity index (χ0v) is 12.3. The van der Waals surface area contributed by atoms with Crippen molar-refractivity contribution in [3.8, 4) is 0 Å². The van der Waals surface area contributed by atoms with Crippen LogP contribution in [0.1, 0.15) is 0 Å². The lowest BCUT2D eigenvalue weighted by atomic mass is 10.2. The molecular formula is C17H17N3O2. The number of carbonyl (C=O) groups is 2. The van der Waals surface area contributed by atoms with Crippen LogP contribution in [0.25, 0.3) is 0 Å². The highest BCUT2D eigenvalue weighted by molar-refractivity contribution is 6.10. The number of nitrogens with zero attached hydrogens (tertiary/aromatic N) is 2. The molecule has 1 heterocycles. The van der Waals surface area contributed by atoms with Gasteiger partial charge in [0.25, 0.3) is 0 Å². The second-order valence-electron chi connectivity index (χ2n) is 5.24. The van der Waals surface area contributed by atoms with Gasteiger partial charge in [-0.15, -0.1) is 0 Å². The first-order chi connectivity index (χ1) is 10.6. The smallest absolute Gasteiger partial charge is 0.247 e. The SMILES string of the molecule is CN(CC(=O)N1CC(=O)Nc2ccccc21)c1ccccc1. The number of hydrogen-bond acceptors (Lipinski definition) is 3. The van der Waals surface area contributed by atoms with Crippen molar-refractivity contribution < 1.29 is 9.59 Å². The topological polar surface area (TPSA) is 52.7 Å². The van der Waals surface area contributed by atoms with E-state index in [2.05, 4.69) is 5.32 Å². The summed E-state index contributed by atoms with van der Waals surface area (Å²) in [6.07, 6.45) is 0. The van der Waals surface area contributed by atoms with Crippen LogP contribution in [0.2, 0.25) is 0 Å². The molecule has 5 heteroatoms. The number of likely N-dealkylation sites (N-methyl/N-ethyl adjacent to an activating group) is 1. The lowest BCUT2D eigenvalue weighted by molar-refractivity contribution is -0.121. The lowest BCUT2D eigenvalue weighted by Gasteiger charge is -2.31. The average molecular weight is 295 g/mol. The molecule has 3 rings (SSSR count). The van der Waals surface area contributed by atoms with Crippen molar-refractivity contribution in [2.24, 2.45) is 0 Å². The Morgan fingerprint density at radius 2 is 1.82 bits per heavy atom. The van der Waals surface area contributed by atoms with E-state index in [1.54, 1.807) is 6.07 Å². The minimum absolute atomic E-state index is 0.0540.